The summed E-state index contributed by atoms with van der Waals surface area (Å²) in [4.78, 5) is 3.20. The van der Waals surface area contributed by atoms with Crippen LogP contribution in [0.1, 0.15) is 11.1 Å². The molecule has 0 atom stereocenters. The smallest absolute Gasteiger partial charge is 0.0471 e. The number of H-pyrrole nitrogens is 1. The molecule has 0 aliphatic heterocycles. The number of benzene rings is 1. The Balaban J connectivity index is 2.61. The van der Waals surface area contributed by atoms with Gasteiger partial charge < -0.3 is 10.7 Å². The van der Waals surface area contributed by atoms with Crippen LogP contribution in [-0.4, -0.2) is 11.5 Å². The van der Waals surface area contributed by atoms with Crippen molar-refractivity contribution in [1.82, 2.24) is 4.98 Å². The zero-order valence-corrected chi connectivity index (χ0v) is 8.86. The van der Waals surface area contributed by atoms with Crippen molar-refractivity contribution in [3.63, 3.8) is 0 Å². The third kappa shape index (κ3) is 1.51. The lowest BCUT2D eigenvalue weighted by Gasteiger charge is -2.00. The molecule has 0 saturated heterocycles. The fourth-order valence-electron chi connectivity index (χ4n) is 1.67. The molecule has 14 heavy (non-hydrogen) atoms. The first-order valence-corrected chi connectivity index (χ1v) is 5.06. The SMILES string of the molecule is Cc1cc2c(CCN)c[nH]c2cc1Cl. The molecule has 1 aromatic carbocycles. The number of hydrogen-bond donors (Lipinski definition) is 2. The van der Waals surface area contributed by atoms with Crippen LogP contribution in [0.5, 0.6) is 0 Å². The maximum absolute atomic E-state index is 6.03. The average Bonchev–Trinajstić information content (AvgIpc) is 2.51. The van der Waals surface area contributed by atoms with E-state index in [1.165, 1.54) is 10.9 Å². The number of nitrogens with one attached hydrogen (secondary N) is 1. The van der Waals surface area contributed by atoms with Crippen molar-refractivity contribution in [2.45, 2.75) is 13.3 Å². The summed E-state index contributed by atoms with van der Waals surface area (Å²) in [6.45, 7) is 2.69. The molecular weight excluding hydrogens is 196 g/mol. The monoisotopic (exact) mass is 208 g/mol. The fourth-order valence-corrected chi connectivity index (χ4v) is 1.84. The maximum Gasteiger partial charge on any atom is 0.0471 e. The van der Waals surface area contributed by atoms with Gasteiger partial charge in [-0.05, 0) is 43.1 Å². The standard InChI is InChI=1S/C11H13ClN2/c1-7-4-9-8(2-3-13)6-14-11(9)5-10(7)12/h4-6,14H,2-3,13H2,1H3. The van der Waals surface area contributed by atoms with E-state index in [-0.39, 0.29) is 0 Å². The molecule has 0 fully saturated rings. The van der Waals surface area contributed by atoms with E-state index in [1.807, 2.05) is 19.2 Å². The molecule has 1 aromatic heterocycles. The molecule has 0 bridgehead atoms. The highest BCUT2D eigenvalue weighted by atomic mass is 35.5. The lowest BCUT2D eigenvalue weighted by Crippen LogP contribution is -2.01. The first-order valence-electron chi connectivity index (χ1n) is 4.68. The molecule has 3 N–H and O–H groups in total. The summed E-state index contributed by atoms with van der Waals surface area (Å²) in [5.41, 5.74) is 9.00. The van der Waals surface area contributed by atoms with Crippen LogP contribution in [0.4, 0.5) is 0 Å². The van der Waals surface area contributed by atoms with Crippen LogP contribution in [-0.2, 0) is 6.42 Å². The highest BCUT2D eigenvalue weighted by Crippen LogP contribution is 2.25. The van der Waals surface area contributed by atoms with Crippen molar-refractivity contribution < 1.29 is 0 Å². The highest BCUT2D eigenvalue weighted by Gasteiger charge is 2.05. The number of halogens is 1. The molecule has 0 unspecified atom stereocenters. The Morgan fingerprint density at radius 1 is 1.43 bits per heavy atom. The van der Waals surface area contributed by atoms with Crippen LogP contribution in [0.2, 0.25) is 5.02 Å². The van der Waals surface area contributed by atoms with Crippen molar-refractivity contribution >= 4 is 22.5 Å². The number of nitrogens with two attached hydrogens (primary N) is 1. The number of fused-ring (bicyclic) bond motifs is 1. The molecule has 1 heterocycles. The molecule has 2 aromatic rings. The number of rotatable bonds is 2. The second kappa shape index (κ2) is 3.64. The summed E-state index contributed by atoms with van der Waals surface area (Å²) in [6.07, 6.45) is 2.91. The van der Waals surface area contributed by atoms with Gasteiger partial charge in [-0.25, -0.2) is 0 Å². The van der Waals surface area contributed by atoms with Crippen molar-refractivity contribution in [1.29, 1.82) is 0 Å². The normalized spacial score (nSPS) is 11.1. The quantitative estimate of drug-likeness (QED) is 0.783. The topological polar surface area (TPSA) is 41.8 Å². The fraction of sp³-hybridized carbons (Fsp3) is 0.273. The third-order valence-electron chi connectivity index (χ3n) is 2.46. The van der Waals surface area contributed by atoms with Crippen molar-refractivity contribution in [2.75, 3.05) is 6.54 Å². The van der Waals surface area contributed by atoms with Crippen molar-refractivity contribution in [3.05, 3.63) is 34.5 Å². The zero-order valence-electron chi connectivity index (χ0n) is 8.10. The van der Waals surface area contributed by atoms with E-state index in [1.54, 1.807) is 0 Å². The summed E-state index contributed by atoms with van der Waals surface area (Å²) in [5, 5.41) is 2.04. The lowest BCUT2D eigenvalue weighted by molar-refractivity contribution is 0.976. The molecule has 3 heteroatoms. The summed E-state index contributed by atoms with van der Waals surface area (Å²) >= 11 is 6.03. The van der Waals surface area contributed by atoms with Gasteiger partial charge in [0.2, 0.25) is 0 Å². The Morgan fingerprint density at radius 3 is 2.93 bits per heavy atom. The summed E-state index contributed by atoms with van der Waals surface area (Å²) in [5.74, 6) is 0. The van der Waals surface area contributed by atoms with Crippen LogP contribution >= 0.6 is 11.6 Å². The summed E-state index contributed by atoms with van der Waals surface area (Å²) in [6, 6.07) is 4.07. The largest absolute Gasteiger partial charge is 0.361 e. The predicted molar refractivity (Wildman–Crippen MR) is 60.8 cm³/mol. The molecule has 2 nitrogen and oxygen atoms in total. The molecule has 74 valence electrons. The minimum atomic E-state index is 0.675. The van der Waals surface area contributed by atoms with Gasteiger partial charge in [0.1, 0.15) is 0 Å². The molecule has 2 rings (SSSR count). The Labute approximate surface area is 88.1 Å². The Bertz CT molecular complexity index is 460. The Kier molecular flexibility index (Phi) is 2.48. The van der Waals surface area contributed by atoms with E-state index in [4.69, 9.17) is 17.3 Å². The molecule has 0 spiro atoms. The Morgan fingerprint density at radius 2 is 2.21 bits per heavy atom. The van der Waals surface area contributed by atoms with E-state index in [9.17, 15) is 0 Å². The van der Waals surface area contributed by atoms with Gasteiger partial charge in [-0.1, -0.05) is 11.6 Å². The summed E-state index contributed by atoms with van der Waals surface area (Å²) < 4.78 is 0. The van der Waals surface area contributed by atoms with E-state index >= 15 is 0 Å². The molecule has 0 radical (unpaired) electrons. The van der Waals surface area contributed by atoms with Crippen molar-refractivity contribution in [2.24, 2.45) is 5.73 Å². The van der Waals surface area contributed by atoms with E-state index in [0.717, 1.165) is 22.5 Å². The average molecular weight is 209 g/mol. The molecule has 0 saturated carbocycles. The molecular formula is C11H13ClN2. The number of aromatic amines is 1. The second-order valence-corrected chi connectivity index (χ2v) is 3.91. The first-order chi connectivity index (χ1) is 6.72. The minimum absolute atomic E-state index is 0.675. The van der Waals surface area contributed by atoms with Crippen LogP contribution in [0.25, 0.3) is 10.9 Å². The van der Waals surface area contributed by atoms with Gasteiger partial charge in [0.25, 0.3) is 0 Å². The highest BCUT2D eigenvalue weighted by molar-refractivity contribution is 6.32. The molecule has 0 aliphatic rings. The lowest BCUT2D eigenvalue weighted by atomic mass is 10.1. The van der Waals surface area contributed by atoms with Crippen LogP contribution in [0, 0.1) is 6.92 Å². The van der Waals surface area contributed by atoms with Gasteiger partial charge in [-0.3, -0.25) is 0 Å². The first kappa shape index (κ1) is 9.56. The van der Waals surface area contributed by atoms with E-state index < -0.39 is 0 Å². The van der Waals surface area contributed by atoms with Crippen molar-refractivity contribution in [3.8, 4) is 0 Å². The van der Waals surface area contributed by atoms with Gasteiger partial charge in [-0.15, -0.1) is 0 Å². The number of aryl methyl sites for hydroxylation is 1. The van der Waals surface area contributed by atoms with Gasteiger partial charge in [0, 0.05) is 22.1 Å². The minimum Gasteiger partial charge on any atom is -0.361 e. The molecule has 0 amide bonds. The van der Waals surface area contributed by atoms with Crippen LogP contribution in [0.3, 0.4) is 0 Å². The number of hydrogen-bond acceptors (Lipinski definition) is 1. The second-order valence-electron chi connectivity index (χ2n) is 3.50. The molecule has 0 aliphatic carbocycles. The maximum atomic E-state index is 6.03. The van der Waals surface area contributed by atoms with Gasteiger partial charge in [0.05, 0.1) is 0 Å². The van der Waals surface area contributed by atoms with Gasteiger partial charge >= 0.3 is 0 Å². The van der Waals surface area contributed by atoms with E-state index in [0.29, 0.717) is 6.54 Å². The number of aromatic nitrogens is 1. The van der Waals surface area contributed by atoms with Crippen LogP contribution < -0.4 is 5.73 Å². The Hall–Kier alpha value is -0.990. The summed E-state index contributed by atoms with van der Waals surface area (Å²) in [7, 11) is 0. The van der Waals surface area contributed by atoms with Crippen LogP contribution in [0.15, 0.2) is 18.3 Å². The van der Waals surface area contributed by atoms with Gasteiger partial charge in [-0.2, -0.15) is 0 Å². The third-order valence-corrected chi connectivity index (χ3v) is 2.87. The predicted octanol–water partition coefficient (Wildman–Crippen LogP) is 2.63. The zero-order chi connectivity index (χ0) is 10.1. The van der Waals surface area contributed by atoms with E-state index in [2.05, 4.69) is 11.1 Å². The van der Waals surface area contributed by atoms with Gasteiger partial charge in [0.15, 0.2) is 0 Å².